The Balaban J connectivity index is 1.75. The average Bonchev–Trinajstić information content (AvgIpc) is 2.73. The third-order valence-electron chi connectivity index (χ3n) is 3.66. The van der Waals surface area contributed by atoms with Gasteiger partial charge < -0.3 is 4.90 Å². The second kappa shape index (κ2) is 5.74. The zero-order chi connectivity index (χ0) is 12.3. The molecule has 94 valence electrons. The van der Waals surface area contributed by atoms with Crippen molar-refractivity contribution in [3.63, 3.8) is 0 Å². The van der Waals surface area contributed by atoms with Gasteiger partial charge in [-0.2, -0.15) is 0 Å². The van der Waals surface area contributed by atoms with Gasteiger partial charge in [0.25, 0.3) is 0 Å². The molecule has 0 saturated carbocycles. The van der Waals surface area contributed by atoms with Gasteiger partial charge in [0.05, 0.1) is 11.2 Å². The molecular weight excluding hydrogens is 232 g/mol. The fourth-order valence-corrected chi connectivity index (χ4v) is 3.16. The fourth-order valence-electron chi connectivity index (χ4n) is 2.39. The van der Waals surface area contributed by atoms with Crippen molar-refractivity contribution in [2.75, 3.05) is 19.6 Å². The molecule has 1 aliphatic rings. The molecule has 0 spiro atoms. The Morgan fingerprint density at radius 1 is 1.53 bits per heavy atom. The van der Waals surface area contributed by atoms with Crippen molar-refractivity contribution in [2.45, 2.75) is 33.1 Å². The number of thiazole rings is 1. The maximum absolute atomic E-state index is 11.3. The largest absolute Gasteiger partial charge is 0.303 e. The van der Waals surface area contributed by atoms with Crippen LogP contribution in [0.2, 0.25) is 0 Å². The lowest BCUT2D eigenvalue weighted by atomic mass is 9.93. The Hall–Kier alpha value is -0.740. The van der Waals surface area contributed by atoms with Gasteiger partial charge in [0.15, 0.2) is 0 Å². The molecule has 2 heterocycles. The lowest BCUT2D eigenvalue weighted by molar-refractivity contribution is -0.122. The number of aromatic nitrogens is 1. The number of hydrogen-bond donors (Lipinski definition) is 0. The van der Waals surface area contributed by atoms with E-state index in [2.05, 4.69) is 16.8 Å². The number of hydrogen-bond acceptors (Lipinski definition) is 4. The summed E-state index contributed by atoms with van der Waals surface area (Å²) in [6.45, 7) is 7.05. The number of ketones is 1. The van der Waals surface area contributed by atoms with Crippen LogP contribution in [0.5, 0.6) is 0 Å². The quantitative estimate of drug-likeness (QED) is 0.824. The van der Waals surface area contributed by atoms with Crippen LogP contribution >= 0.6 is 11.3 Å². The molecule has 0 aliphatic carbocycles. The van der Waals surface area contributed by atoms with E-state index >= 15 is 0 Å². The Morgan fingerprint density at radius 2 is 2.24 bits per heavy atom. The predicted octanol–water partition coefficient (Wildman–Crippen LogP) is 2.30. The van der Waals surface area contributed by atoms with Crippen molar-refractivity contribution in [3.8, 4) is 0 Å². The molecule has 1 fully saturated rings. The molecule has 2 rings (SSSR count). The highest BCUT2D eigenvalue weighted by atomic mass is 32.1. The number of carbonyl (C=O) groups is 1. The third kappa shape index (κ3) is 3.36. The SMILES string of the molecule is CC(=O)C1CCN(CCc2scnc2C)CC1. The molecule has 0 atom stereocenters. The van der Waals surface area contributed by atoms with E-state index in [1.54, 1.807) is 18.3 Å². The Morgan fingerprint density at radius 3 is 2.76 bits per heavy atom. The lowest BCUT2D eigenvalue weighted by Crippen LogP contribution is -2.36. The summed E-state index contributed by atoms with van der Waals surface area (Å²) in [7, 11) is 0. The van der Waals surface area contributed by atoms with Gasteiger partial charge >= 0.3 is 0 Å². The summed E-state index contributed by atoms with van der Waals surface area (Å²) < 4.78 is 0. The maximum Gasteiger partial charge on any atom is 0.133 e. The Kier molecular flexibility index (Phi) is 4.29. The highest BCUT2D eigenvalue weighted by molar-refractivity contribution is 7.09. The van der Waals surface area contributed by atoms with Crippen LogP contribution in [0.1, 0.15) is 30.3 Å². The zero-order valence-corrected chi connectivity index (χ0v) is 11.4. The van der Waals surface area contributed by atoms with Crippen molar-refractivity contribution in [1.82, 2.24) is 9.88 Å². The van der Waals surface area contributed by atoms with E-state index in [9.17, 15) is 4.79 Å². The maximum atomic E-state index is 11.3. The Labute approximate surface area is 107 Å². The first-order chi connectivity index (χ1) is 8.16. The van der Waals surface area contributed by atoms with Gasteiger partial charge in [-0.05, 0) is 46.2 Å². The van der Waals surface area contributed by atoms with E-state index in [0.29, 0.717) is 11.7 Å². The highest BCUT2D eigenvalue weighted by Gasteiger charge is 2.22. The van der Waals surface area contributed by atoms with Crippen LogP contribution in [0, 0.1) is 12.8 Å². The number of likely N-dealkylation sites (tertiary alicyclic amines) is 1. The van der Waals surface area contributed by atoms with Crippen LogP contribution in [0.15, 0.2) is 5.51 Å². The first kappa shape index (κ1) is 12.7. The van der Waals surface area contributed by atoms with E-state index in [-0.39, 0.29) is 0 Å². The number of piperidine rings is 1. The van der Waals surface area contributed by atoms with Crippen molar-refractivity contribution >= 4 is 17.1 Å². The molecule has 1 aliphatic heterocycles. The van der Waals surface area contributed by atoms with Crippen LogP contribution in [0.4, 0.5) is 0 Å². The minimum absolute atomic E-state index is 0.316. The third-order valence-corrected chi connectivity index (χ3v) is 4.66. The van der Waals surface area contributed by atoms with Crippen LogP contribution < -0.4 is 0 Å². The zero-order valence-electron chi connectivity index (χ0n) is 10.6. The molecule has 0 aromatic carbocycles. The van der Waals surface area contributed by atoms with Crippen LogP contribution in [0.25, 0.3) is 0 Å². The van der Waals surface area contributed by atoms with Gasteiger partial charge in [-0.15, -0.1) is 11.3 Å². The summed E-state index contributed by atoms with van der Waals surface area (Å²) in [5, 5.41) is 0. The summed E-state index contributed by atoms with van der Waals surface area (Å²) in [4.78, 5) is 19.4. The Bertz CT molecular complexity index is 381. The molecule has 3 nitrogen and oxygen atoms in total. The first-order valence-electron chi connectivity index (χ1n) is 6.28. The molecule has 17 heavy (non-hydrogen) atoms. The van der Waals surface area contributed by atoms with Crippen LogP contribution in [0.3, 0.4) is 0 Å². The van der Waals surface area contributed by atoms with Gasteiger partial charge in [-0.1, -0.05) is 0 Å². The van der Waals surface area contributed by atoms with E-state index in [1.807, 2.05) is 5.51 Å². The summed E-state index contributed by atoms with van der Waals surface area (Å²) in [5.74, 6) is 0.680. The molecule has 0 radical (unpaired) electrons. The standard InChI is InChI=1S/C13H20N2OS/c1-10-13(17-9-14-10)5-8-15-6-3-12(4-7-15)11(2)16/h9,12H,3-8H2,1-2H3. The van der Waals surface area contributed by atoms with Gasteiger partial charge in [-0.3, -0.25) is 4.79 Å². The molecule has 0 bridgehead atoms. The molecule has 4 heteroatoms. The molecule has 1 saturated heterocycles. The van der Waals surface area contributed by atoms with E-state index in [0.717, 1.165) is 38.9 Å². The van der Waals surface area contributed by atoms with E-state index < -0.39 is 0 Å². The lowest BCUT2D eigenvalue weighted by Gasteiger charge is -2.30. The van der Waals surface area contributed by atoms with Crippen molar-refractivity contribution in [3.05, 3.63) is 16.1 Å². The minimum Gasteiger partial charge on any atom is -0.303 e. The van der Waals surface area contributed by atoms with Gasteiger partial charge in [0, 0.05) is 17.3 Å². The monoisotopic (exact) mass is 252 g/mol. The van der Waals surface area contributed by atoms with Gasteiger partial charge in [-0.25, -0.2) is 4.98 Å². The van der Waals surface area contributed by atoms with Gasteiger partial charge in [0.2, 0.25) is 0 Å². The summed E-state index contributed by atoms with van der Waals surface area (Å²) >= 11 is 1.75. The normalized spacial score (nSPS) is 18.5. The van der Waals surface area contributed by atoms with Crippen molar-refractivity contribution < 1.29 is 4.79 Å². The highest BCUT2D eigenvalue weighted by Crippen LogP contribution is 2.19. The second-order valence-corrected chi connectivity index (χ2v) is 5.78. The van der Waals surface area contributed by atoms with E-state index in [1.165, 1.54) is 10.6 Å². The summed E-state index contributed by atoms with van der Waals surface area (Å²) in [6.07, 6.45) is 3.18. The van der Waals surface area contributed by atoms with E-state index in [4.69, 9.17) is 0 Å². The first-order valence-corrected chi connectivity index (χ1v) is 7.16. The second-order valence-electron chi connectivity index (χ2n) is 4.84. The number of carbonyl (C=O) groups excluding carboxylic acids is 1. The molecular formula is C13H20N2OS. The smallest absolute Gasteiger partial charge is 0.133 e. The molecule has 0 unspecified atom stereocenters. The number of rotatable bonds is 4. The van der Waals surface area contributed by atoms with Crippen LogP contribution in [-0.4, -0.2) is 35.3 Å². The summed E-state index contributed by atoms with van der Waals surface area (Å²) in [6, 6.07) is 0. The minimum atomic E-state index is 0.316. The molecule has 1 aromatic heterocycles. The van der Waals surface area contributed by atoms with Crippen LogP contribution in [-0.2, 0) is 11.2 Å². The van der Waals surface area contributed by atoms with Gasteiger partial charge in [0.1, 0.15) is 5.78 Å². The number of aryl methyl sites for hydroxylation is 1. The fraction of sp³-hybridized carbons (Fsp3) is 0.692. The average molecular weight is 252 g/mol. The predicted molar refractivity (Wildman–Crippen MR) is 70.4 cm³/mol. The topological polar surface area (TPSA) is 33.2 Å². The molecule has 1 aromatic rings. The van der Waals surface area contributed by atoms with Crippen molar-refractivity contribution in [2.24, 2.45) is 5.92 Å². The molecule has 0 N–H and O–H groups in total. The number of Topliss-reactive ketones (excluding diaryl/α,β-unsaturated/α-hetero) is 1. The van der Waals surface area contributed by atoms with Crippen molar-refractivity contribution in [1.29, 1.82) is 0 Å². The summed E-state index contributed by atoms with van der Waals surface area (Å²) in [5.41, 5.74) is 3.10. The number of nitrogens with zero attached hydrogens (tertiary/aromatic N) is 2. The molecule has 0 amide bonds.